The van der Waals surface area contributed by atoms with Crippen molar-refractivity contribution in [1.29, 1.82) is 0 Å². The lowest BCUT2D eigenvalue weighted by Crippen LogP contribution is -2.41. The molecule has 2 amide bonds. The van der Waals surface area contributed by atoms with Gasteiger partial charge in [-0.1, -0.05) is 25.7 Å². The van der Waals surface area contributed by atoms with E-state index in [9.17, 15) is 14.8 Å². The molecule has 0 bridgehead atoms. The molecule has 8 heteroatoms. The predicted octanol–water partition coefficient (Wildman–Crippen LogP) is 2.67. The highest BCUT2D eigenvalue weighted by molar-refractivity contribution is 5.80. The molecule has 2 aliphatic rings. The van der Waals surface area contributed by atoms with E-state index in [0.29, 0.717) is 23.9 Å². The third kappa shape index (κ3) is 3.87. The molecule has 1 aliphatic heterocycles. The lowest BCUT2D eigenvalue weighted by molar-refractivity contribution is -0.157. The van der Waals surface area contributed by atoms with Gasteiger partial charge in [0.15, 0.2) is 0 Å². The Balaban J connectivity index is 1.54. The minimum Gasteiger partial charge on any atom is -0.339 e. The molecule has 4 rings (SSSR count). The third-order valence-electron chi connectivity index (χ3n) is 6.12. The average Bonchev–Trinajstić information content (AvgIpc) is 3.45. The summed E-state index contributed by atoms with van der Waals surface area (Å²) >= 11 is 0. The Kier molecular flexibility index (Phi) is 5.57. The van der Waals surface area contributed by atoms with Crippen LogP contribution in [0, 0.1) is 11.8 Å². The number of aromatic amines is 1. The van der Waals surface area contributed by atoms with Crippen molar-refractivity contribution >= 4 is 23.4 Å². The van der Waals surface area contributed by atoms with Crippen molar-refractivity contribution in [3.05, 3.63) is 24.3 Å². The zero-order chi connectivity index (χ0) is 19.5. The summed E-state index contributed by atoms with van der Waals surface area (Å²) in [5.74, 6) is 0.899. The normalized spacial score (nSPS) is 21.3. The topological polar surface area (TPSA) is 102 Å². The summed E-state index contributed by atoms with van der Waals surface area (Å²) in [5.41, 5.74) is 1.70. The predicted molar refractivity (Wildman–Crippen MR) is 102 cm³/mol. The molecule has 2 aromatic heterocycles. The van der Waals surface area contributed by atoms with Crippen LogP contribution in [0.1, 0.15) is 56.8 Å². The first-order valence-corrected chi connectivity index (χ1v) is 10.2. The van der Waals surface area contributed by atoms with Crippen LogP contribution < -0.4 is 0 Å². The zero-order valence-electron chi connectivity index (χ0n) is 16.0. The van der Waals surface area contributed by atoms with Crippen LogP contribution in [-0.4, -0.2) is 55.5 Å². The average molecular weight is 385 g/mol. The van der Waals surface area contributed by atoms with Gasteiger partial charge in [0, 0.05) is 12.7 Å². The van der Waals surface area contributed by atoms with Gasteiger partial charge in [0.1, 0.15) is 5.82 Å². The molecule has 0 aromatic carbocycles. The van der Waals surface area contributed by atoms with Crippen LogP contribution in [-0.2, 0) is 9.59 Å². The number of carbonyl (C=O) groups is 2. The van der Waals surface area contributed by atoms with Gasteiger partial charge in [0.2, 0.25) is 12.3 Å². The molecule has 1 saturated heterocycles. The van der Waals surface area contributed by atoms with E-state index in [1.165, 1.54) is 12.8 Å². The molecule has 0 spiro atoms. The number of fused-ring (bicyclic) bond motifs is 1. The van der Waals surface area contributed by atoms with Gasteiger partial charge in [0.05, 0.1) is 35.7 Å². The van der Waals surface area contributed by atoms with Crippen LogP contribution in [0.25, 0.3) is 11.0 Å². The number of nitrogens with one attached hydrogen (secondary N) is 1. The number of aromatic nitrogens is 3. The van der Waals surface area contributed by atoms with Gasteiger partial charge in [-0.05, 0) is 31.2 Å². The van der Waals surface area contributed by atoms with Crippen LogP contribution in [0.2, 0.25) is 0 Å². The summed E-state index contributed by atoms with van der Waals surface area (Å²) < 4.78 is 0. The molecule has 28 heavy (non-hydrogen) atoms. The SMILES string of the molecule is O=CN(O)C[C@@H](CC1CCCC1)C(=O)N1CCC[C@H]1c1nc2ccncc2[nH]1. The summed E-state index contributed by atoms with van der Waals surface area (Å²) in [5, 5.41) is 10.3. The molecule has 2 atom stereocenters. The molecule has 2 fully saturated rings. The van der Waals surface area contributed by atoms with Crippen LogP contribution in [0.4, 0.5) is 0 Å². The molecule has 1 saturated carbocycles. The second-order valence-electron chi connectivity index (χ2n) is 8.02. The summed E-state index contributed by atoms with van der Waals surface area (Å²) in [7, 11) is 0. The highest BCUT2D eigenvalue weighted by Crippen LogP contribution is 2.36. The van der Waals surface area contributed by atoms with Crippen molar-refractivity contribution in [2.24, 2.45) is 11.8 Å². The fourth-order valence-corrected chi connectivity index (χ4v) is 4.75. The van der Waals surface area contributed by atoms with E-state index in [1.54, 1.807) is 12.4 Å². The van der Waals surface area contributed by atoms with Gasteiger partial charge in [-0.3, -0.25) is 19.8 Å². The molecule has 8 nitrogen and oxygen atoms in total. The molecule has 0 unspecified atom stereocenters. The van der Waals surface area contributed by atoms with Gasteiger partial charge in [-0.2, -0.15) is 0 Å². The van der Waals surface area contributed by atoms with Gasteiger partial charge in [-0.25, -0.2) is 10.0 Å². The number of carbonyl (C=O) groups excluding carboxylic acids is 2. The number of hydroxylamine groups is 2. The van der Waals surface area contributed by atoms with Crippen LogP contribution in [0.5, 0.6) is 0 Å². The van der Waals surface area contributed by atoms with E-state index >= 15 is 0 Å². The number of hydrogen-bond acceptors (Lipinski definition) is 5. The van der Waals surface area contributed by atoms with E-state index in [4.69, 9.17) is 0 Å². The Labute approximate surface area is 163 Å². The number of nitrogens with zero attached hydrogens (tertiary/aromatic N) is 4. The zero-order valence-corrected chi connectivity index (χ0v) is 16.0. The first-order chi connectivity index (χ1) is 13.7. The Morgan fingerprint density at radius 3 is 2.93 bits per heavy atom. The smallest absolute Gasteiger partial charge is 0.233 e. The molecule has 150 valence electrons. The van der Waals surface area contributed by atoms with Gasteiger partial charge >= 0.3 is 0 Å². The third-order valence-corrected chi connectivity index (χ3v) is 6.12. The lowest BCUT2D eigenvalue weighted by Gasteiger charge is -2.30. The second-order valence-corrected chi connectivity index (χ2v) is 8.02. The molecule has 3 heterocycles. The van der Waals surface area contributed by atoms with Gasteiger partial charge < -0.3 is 9.88 Å². The molecule has 2 aromatic rings. The van der Waals surface area contributed by atoms with Crippen molar-refractivity contribution < 1.29 is 14.8 Å². The van der Waals surface area contributed by atoms with Crippen molar-refractivity contribution in [1.82, 2.24) is 24.9 Å². The molecule has 2 N–H and O–H groups in total. The maximum atomic E-state index is 13.4. The Hall–Kier alpha value is -2.48. The summed E-state index contributed by atoms with van der Waals surface area (Å²) in [6.07, 6.45) is 10.9. The first-order valence-electron chi connectivity index (χ1n) is 10.2. The Morgan fingerprint density at radius 2 is 2.18 bits per heavy atom. The van der Waals surface area contributed by atoms with Crippen molar-refractivity contribution in [3.8, 4) is 0 Å². The Morgan fingerprint density at radius 1 is 1.36 bits per heavy atom. The monoisotopic (exact) mass is 385 g/mol. The second kappa shape index (κ2) is 8.26. The Bertz CT molecular complexity index is 799. The molecular weight excluding hydrogens is 358 g/mol. The van der Waals surface area contributed by atoms with E-state index in [0.717, 1.165) is 49.0 Å². The quantitative estimate of drug-likeness (QED) is 0.433. The van der Waals surface area contributed by atoms with E-state index in [1.807, 2.05) is 11.0 Å². The maximum Gasteiger partial charge on any atom is 0.233 e. The molecule has 1 aliphatic carbocycles. The van der Waals surface area contributed by atoms with Crippen LogP contribution >= 0.6 is 0 Å². The maximum absolute atomic E-state index is 13.4. The minimum absolute atomic E-state index is 0.00822. The fourth-order valence-electron chi connectivity index (χ4n) is 4.75. The van der Waals surface area contributed by atoms with E-state index in [2.05, 4.69) is 15.0 Å². The van der Waals surface area contributed by atoms with E-state index < -0.39 is 0 Å². The van der Waals surface area contributed by atoms with Gasteiger partial charge in [-0.15, -0.1) is 0 Å². The number of pyridine rings is 1. The minimum atomic E-state index is -0.384. The lowest BCUT2D eigenvalue weighted by atomic mass is 9.91. The van der Waals surface area contributed by atoms with E-state index in [-0.39, 0.29) is 24.4 Å². The number of amides is 2. The number of H-pyrrole nitrogens is 1. The highest BCUT2D eigenvalue weighted by Gasteiger charge is 2.37. The summed E-state index contributed by atoms with van der Waals surface area (Å²) in [6.45, 7) is 0.721. The van der Waals surface area contributed by atoms with Crippen molar-refractivity contribution in [2.45, 2.75) is 51.0 Å². The number of hydrogen-bond donors (Lipinski definition) is 2. The first kappa shape index (κ1) is 18.9. The highest BCUT2D eigenvalue weighted by atomic mass is 16.5. The van der Waals surface area contributed by atoms with Crippen LogP contribution in [0.15, 0.2) is 18.5 Å². The van der Waals surface area contributed by atoms with Crippen LogP contribution in [0.3, 0.4) is 0 Å². The van der Waals surface area contributed by atoms with Gasteiger partial charge in [0.25, 0.3) is 0 Å². The largest absolute Gasteiger partial charge is 0.339 e. The summed E-state index contributed by atoms with van der Waals surface area (Å²) in [6, 6.07) is 1.75. The van der Waals surface area contributed by atoms with Crippen molar-refractivity contribution in [2.75, 3.05) is 13.1 Å². The number of imidazole rings is 1. The van der Waals surface area contributed by atoms with Crippen molar-refractivity contribution in [3.63, 3.8) is 0 Å². The standard InChI is InChI=1S/C20H27N5O3/c26-13-24(28)12-15(10-14-4-1-2-5-14)20(27)25-9-3-6-18(25)19-22-16-7-8-21-11-17(16)23-19/h7-8,11,13-15,18,28H,1-6,9-10,12H2,(H,22,23)/t15-,18+/m1/s1. The number of likely N-dealkylation sites (tertiary alicyclic amines) is 1. The molecular formula is C20H27N5O3. The fraction of sp³-hybridized carbons (Fsp3) is 0.600. The summed E-state index contributed by atoms with van der Waals surface area (Å²) in [4.78, 5) is 38.3. The number of rotatable bonds is 7. The molecule has 0 radical (unpaired) electrons.